The first-order valence-electron chi connectivity index (χ1n) is 19.3. The zero-order valence-electron chi connectivity index (χ0n) is 31.5. The normalized spacial score (nSPS) is 12.1. The molecule has 0 saturated heterocycles. The van der Waals surface area contributed by atoms with Gasteiger partial charge in [-0.15, -0.1) is 0 Å². The number of aromatic nitrogens is 4. The lowest BCUT2D eigenvalue weighted by Gasteiger charge is -2.15. The maximum atomic E-state index is 5.43. The van der Waals surface area contributed by atoms with Crippen LogP contribution in [0.15, 0.2) is 207 Å². The van der Waals surface area contributed by atoms with Crippen molar-refractivity contribution in [3.63, 3.8) is 0 Å². The summed E-state index contributed by atoms with van der Waals surface area (Å²) in [6, 6.07) is 60.2. The van der Waals surface area contributed by atoms with Gasteiger partial charge in [-0.05, 0) is 89.9 Å². The zero-order valence-corrected chi connectivity index (χ0v) is 31.5. The van der Waals surface area contributed by atoms with Gasteiger partial charge in [-0.2, -0.15) is 0 Å². The molecule has 0 atom stereocenters. The summed E-state index contributed by atoms with van der Waals surface area (Å²) in [7, 11) is 0. The van der Waals surface area contributed by atoms with Crippen LogP contribution in [0.4, 0.5) is 0 Å². The third-order valence-electron chi connectivity index (χ3n) is 10.8. The molecule has 3 aromatic heterocycles. The van der Waals surface area contributed by atoms with Gasteiger partial charge >= 0.3 is 0 Å². The molecule has 3 heterocycles. The molecule has 0 aliphatic rings. The lowest BCUT2D eigenvalue weighted by molar-refractivity contribution is 1.11. The Morgan fingerprint density at radius 1 is 0.561 bits per heavy atom. The first kappa shape index (κ1) is 34.0. The van der Waals surface area contributed by atoms with E-state index >= 15 is 0 Å². The van der Waals surface area contributed by atoms with Gasteiger partial charge in [0.05, 0.1) is 27.8 Å². The second-order valence-electron chi connectivity index (χ2n) is 14.3. The van der Waals surface area contributed by atoms with Gasteiger partial charge in [-0.3, -0.25) is 0 Å². The van der Waals surface area contributed by atoms with Crippen LogP contribution in [0.5, 0.6) is 0 Å². The van der Waals surface area contributed by atoms with Crippen LogP contribution in [0.2, 0.25) is 0 Å². The molecule has 0 bridgehead atoms. The highest BCUT2D eigenvalue weighted by Gasteiger charge is 2.19. The Hall–Kier alpha value is -7.56. The molecule has 0 saturated carbocycles. The first-order chi connectivity index (χ1) is 28.2. The fourth-order valence-corrected chi connectivity index (χ4v) is 8.24. The second-order valence-corrected chi connectivity index (χ2v) is 14.3. The van der Waals surface area contributed by atoms with E-state index in [-0.39, 0.29) is 0 Å². The molecule has 4 nitrogen and oxygen atoms in total. The summed E-state index contributed by atoms with van der Waals surface area (Å²) in [5, 5.41) is 4.61. The minimum Gasteiger partial charge on any atom is -0.315 e. The van der Waals surface area contributed by atoms with Gasteiger partial charge in [0.1, 0.15) is 0 Å². The van der Waals surface area contributed by atoms with E-state index in [0.29, 0.717) is 5.82 Å². The largest absolute Gasteiger partial charge is 0.315 e. The Morgan fingerprint density at radius 2 is 1.28 bits per heavy atom. The van der Waals surface area contributed by atoms with E-state index in [2.05, 4.69) is 204 Å². The fraction of sp³-hybridized carbons (Fsp3) is 0.0189. The van der Waals surface area contributed by atoms with Gasteiger partial charge < -0.3 is 9.13 Å². The fourth-order valence-electron chi connectivity index (χ4n) is 8.24. The van der Waals surface area contributed by atoms with Gasteiger partial charge in [0.2, 0.25) is 0 Å². The highest BCUT2D eigenvalue weighted by Crippen LogP contribution is 2.39. The van der Waals surface area contributed by atoms with Crippen LogP contribution in [0.1, 0.15) is 12.5 Å². The molecular formula is C53H38N4. The number of para-hydroxylation sites is 3. The lowest BCUT2D eigenvalue weighted by atomic mass is 9.93. The minimum atomic E-state index is 0.672. The van der Waals surface area contributed by atoms with E-state index in [4.69, 9.17) is 9.97 Å². The summed E-state index contributed by atoms with van der Waals surface area (Å²) < 4.78 is 4.71. The maximum Gasteiger partial charge on any atom is 0.160 e. The van der Waals surface area contributed by atoms with Crippen molar-refractivity contribution in [2.75, 3.05) is 0 Å². The minimum absolute atomic E-state index is 0.672. The van der Waals surface area contributed by atoms with Crippen LogP contribution >= 0.6 is 0 Å². The number of rotatable bonds is 8. The predicted molar refractivity (Wildman–Crippen MR) is 240 cm³/mol. The number of hydrogen-bond acceptors (Lipinski definition) is 2. The van der Waals surface area contributed by atoms with Crippen molar-refractivity contribution in [1.82, 2.24) is 19.1 Å². The molecule has 0 amide bonds. The molecule has 0 unspecified atom stereocenters. The van der Waals surface area contributed by atoms with Crippen LogP contribution in [0.3, 0.4) is 0 Å². The van der Waals surface area contributed by atoms with Crippen LogP contribution < -0.4 is 0 Å². The molecule has 0 fully saturated rings. The topological polar surface area (TPSA) is 35.6 Å². The summed E-state index contributed by atoms with van der Waals surface area (Å²) in [5.74, 6) is 0.672. The number of allylic oxidation sites excluding steroid dienone is 5. The SMILES string of the molecule is C=C/C=C(\C=C/C)c1cc(-c2ccccc2)cc(-c2nc(-c3cccc(-n4c5ccccc5c5ccc6ccn(-c7ccccc7)c6c54)c3)nc3ccccc23)c1. The summed E-state index contributed by atoms with van der Waals surface area (Å²) in [5.41, 5.74) is 13.8. The Kier molecular flexibility index (Phi) is 8.50. The van der Waals surface area contributed by atoms with E-state index in [0.717, 1.165) is 72.4 Å². The molecule has 10 rings (SSSR count). The Labute approximate surface area is 331 Å². The Morgan fingerprint density at radius 3 is 2.11 bits per heavy atom. The second kappa shape index (κ2) is 14.3. The van der Waals surface area contributed by atoms with Crippen molar-refractivity contribution in [1.29, 1.82) is 0 Å². The molecule has 0 aliphatic heterocycles. The highest BCUT2D eigenvalue weighted by atomic mass is 15.0. The summed E-state index contributed by atoms with van der Waals surface area (Å²) in [4.78, 5) is 10.6. The molecule has 0 N–H and O–H groups in total. The maximum absolute atomic E-state index is 5.43. The third kappa shape index (κ3) is 5.96. The van der Waals surface area contributed by atoms with E-state index < -0.39 is 0 Å². The molecule has 57 heavy (non-hydrogen) atoms. The van der Waals surface area contributed by atoms with Crippen LogP contribution in [0.25, 0.3) is 94.3 Å². The van der Waals surface area contributed by atoms with Crippen molar-refractivity contribution in [3.8, 4) is 45.1 Å². The van der Waals surface area contributed by atoms with Gasteiger partial charge in [-0.25, -0.2) is 9.97 Å². The molecule has 0 aliphatic carbocycles. The smallest absolute Gasteiger partial charge is 0.160 e. The zero-order chi connectivity index (χ0) is 38.3. The highest BCUT2D eigenvalue weighted by molar-refractivity contribution is 6.18. The number of nitrogens with zero attached hydrogens (tertiary/aromatic N) is 4. The van der Waals surface area contributed by atoms with Crippen molar-refractivity contribution in [2.45, 2.75) is 6.92 Å². The van der Waals surface area contributed by atoms with Gasteiger partial charge in [0.25, 0.3) is 0 Å². The van der Waals surface area contributed by atoms with Crippen molar-refractivity contribution in [3.05, 3.63) is 213 Å². The molecular weight excluding hydrogens is 693 g/mol. The van der Waals surface area contributed by atoms with Gasteiger partial charge in [0, 0.05) is 50.2 Å². The Balaban J connectivity index is 1.20. The van der Waals surface area contributed by atoms with Crippen LogP contribution in [0, 0.1) is 0 Å². The third-order valence-corrected chi connectivity index (χ3v) is 10.8. The molecule has 4 heteroatoms. The molecule has 270 valence electrons. The number of fused-ring (bicyclic) bond motifs is 6. The van der Waals surface area contributed by atoms with E-state index in [1.807, 2.05) is 19.1 Å². The van der Waals surface area contributed by atoms with Crippen LogP contribution in [-0.2, 0) is 0 Å². The van der Waals surface area contributed by atoms with Gasteiger partial charge in [0.15, 0.2) is 5.82 Å². The monoisotopic (exact) mass is 730 g/mol. The first-order valence-corrected chi connectivity index (χ1v) is 19.3. The van der Waals surface area contributed by atoms with Crippen molar-refractivity contribution < 1.29 is 0 Å². The van der Waals surface area contributed by atoms with Crippen molar-refractivity contribution >= 4 is 49.2 Å². The average molecular weight is 731 g/mol. The van der Waals surface area contributed by atoms with Crippen LogP contribution in [-0.4, -0.2) is 19.1 Å². The van der Waals surface area contributed by atoms with Gasteiger partial charge in [-0.1, -0.05) is 140 Å². The van der Waals surface area contributed by atoms with E-state index in [1.165, 1.54) is 21.7 Å². The Bertz CT molecular complexity index is 3200. The van der Waals surface area contributed by atoms with Crippen molar-refractivity contribution in [2.24, 2.45) is 0 Å². The number of benzene rings is 7. The lowest BCUT2D eigenvalue weighted by Crippen LogP contribution is -1.99. The summed E-state index contributed by atoms with van der Waals surface area (Å²) >= 11 is 0. The molecule has 7 aromatic carbocycles. The molecule has 0 radical (unpaired) electrons. The van der Waals surface area contributed by atoms with E-state index in [1.54, 1.807) is 0 Å². The van der Waals surface area contributed by atoms with E-state index in [9.17, 15) is 0 Å². The molecule has 0 spiro atoms. The predicted octanol–water partition coefficient (Wildman–Crippen LogP) is 13.8. The number of hydrogen-bond donors (Lipinski definition) is 0. The summed E-state index contributed by atoms with van der Waals surface area (Å²) in [6.07, 6.45) is 10.3. The standard InChI is InChI=1S/C53H38N4/c1-3-16-36(17-4-2)40-32-41(37-18-7-5-8-19-37)34-42(33-40)50-47-25-11-13-26-48(47)54-53(55-50)39-20-15-23-44(35-39)57-49-27-14-12-24-45(49)46-29-28-38-30-31-56(51(38)52(46)57)43-21-9-6-10-22-43/h3-35H,1H2,2H3/b17-4-,36-16+. The quantitative estimate of drug-likeness (QED) is 0.146. The summed E-state index contributed by atoms with van der Waals surface area (Å²) in [6.45, 7) is 6.05. The average Bonchev–Trinajstić information content (AvgIpc) is 3.86. The molecule has 10 aromatic rings.